The fourth-order valence-corrected chi connectivity index (χ4v) is 7.40. The molecule has 0 aromatic heterocycles. The van der Waals surface area contributed by atoms with Crippen molar-refractivity contribution >= 4 is 24.0 Å². The maximum absolute atomic E-state index is 14.7. The molecule has 5 fully saturated rings. The number of carbonyl (C=O) groups is 4. The minimum Gasteiger partial charge on any atom is -0.335 e. The van der Waals surface area contributed by atoms with Gasteiger partial charge in [0.1, 0.15) is 0 Å². The van der Waals surface area contributed by atoms with Crippen molar-refractivity contribution in [1.82, 2.24) is 30.2 Å². The molecule has 0 aromatic rings. The Morgan fingerprint density at radius 3 is 1.89 bits per heavy atom. The quantitative estimate of drug-likeness (QED) is 0.414. The summed E-state index contributed by atoms with van der Waals surface area (Å²) in [5, 5.41) is 5.99. The van der Waals surface area contributed by atoms with E-state index in [1.54, 1.807) is 11.0 Å². The molecule has 1 spiro atoms. The summed E-state index contributed by atoms with van der Waals surface area (Å²) in [5.74, 6) is -2.22. The summed E-state index contributed by atoms with van der Waals surface area (Å²) < 4.78 is 0. The van der Waals surface area contributed by atoms with E-state index in [9.17, 15) is 19.2 Å². The summed E-state index contributed by atoms with van der Waals surface area (Å²) in [4.78, 5) is 62.6. The van der Waals surface area contributed by atoms with Gasteiger partial charge in [-0.05, 0) is 38.5 Å². The van der Waals surface area contributed by atoms with Gasteiger partial charge in [0.2, 0.25) is 0 Å². The number of urea groups is 3. The van der Waals surface area contributed by atoms with Crippen molar-refractivity contribution in [2.24, 2.45) is 0 Å². The summed E-state index contributed by atoms with van der Waals surface area (Å²) in [6.45, 7) is 4.31. The molecule has 2 N–H and O–H groups in total. The number of nitrogens with zero attached hydrogens (tertiary/aromatic N) is 4. The molecule has 10 nitrogen and oxygen atoms in total. The summed E-state index contributed by atoms with van der Waals surface area (Å²) in [6.07, 6.45) is 15.8. The maximum Gasteiger partial charge on any atom is 0.331 e. The second kappa shape index (κ2) is 11.5. The molecule has 1 unspecified atom stereocenters. The van der Waals surface area contributed by atoms with Crippen LogP contribution in [0.15, 0.2) is 12.7 Å². The number of carbonyl (C=O) groups excluding carboxylic acids is 4. The third-order valence-electron chi connectivity index (χ3n) is 9.25. The number of imide groups is 1. The summed E-state index contributed by atoms with van der Waals surface area (Å²) in [5.41, 5.74) is 0. The minimum atomic E-state index is -1.78. The van der Waals surface area contributed by atoms with Gasteiger partial charge < -0.3 is 10.6 Å². The highest BCUT2D eigenvalue weighted by molar-refractivity contribution is 6.10. The van der Waals surface area contributed by atoms with E-state index in [-0.39, 0.29) is 49.8 Å². The lowest BCUT2D eigenvalue weighted by Gasteiger charge is -2.47. The van der Waals surface area contributed by atoms with E-state index in [0.29, 0.717) is 0 Å². The van der Waals surface area contributed by atoms with Gasteiger partial charge in [-0.25, -0.2) is 14.4 Å². The van der Waals surface area contributed by atoms with Crippen LogP contribution in [0.3, 0.4) is 0 Å². The molecule has 1 atom stereocenters. The van der Waals surface area contributed by atoms with Crippen molar-refractivity contribution in [3.8, 4) is 0 Å². The SMILES string of the molecule is C=CCNC(=O)N1CCN(C(=O)NC2CCCCC2)C12C(=O)N(C1CCCCC1)C(=O)N2C1CCCCC1. The molecule has 0 bridgehead atoms. The third-order valence-corrected chi connectivity index (χ3v) is 9.25. The average Bonchev–Trinajstić information content (AvgIpc) is 3.44. The van der Waals surface area contributed by atoms with E-state index >= 15 is 0 Å². The molecular formula is C28H44N6O4. The van der Waals surface area contributed by atoms with Gasteiger partial charge in [0.15, 0.2) is 0 Å². The number of amides is 7. The molecule has 5 rings (SSSR count). The fourth-order valence-electron chi connectivity index (χ4n) is 7.40. The van der Waals surface area contributed by atoms with Crippen LogP contribution in [0, 0.1) is 0 Å². The Balaban J connectivity index is 1.57. The van der Waals surface area contributed by atoms with E-state index < -0.39 is 17.7 Å². The molecule has 5 aliphatic rings. The Hall–Kier alpha value is -2.78. The van der Waals surface area contributed by atoms with Crippen LogP contribution in [0.5, 0.6) is 0 Å². The van der Waals surface area contributed by atoms with E-state index in [2.05, 4.69) is 17.2 Å². The molecule has 210 valence electrons. The van der Waals surface area contributed by atoms with Gasteiger partial charge in [0, 0.05) is 37.8 Å². The predicted molar refractivity (Wildman–Crippen MR) is 143 cm³/mol. The Morgan fingerprint density at radius 1 is 0.789 bits per heavy atom. The van der Waals surface area contributed by atoms with Crippen LogP contribution in [-0.2, 0) is 4.79 Å². The number of nitrogens with one attached hydrogen (secondary N) is 2. The second-order valence-electron chi connectivity index (χ2n) is 11.6. The molecular weight excluding hydrogens is 484 g/mol. The summed E-state index contributed by atoms with van der Waals surface area (Å²) >= 11 is 0. The second-order valence-corrected chi connectivity index (χ2v) is 11.6. The van der Waals surface area contributed by atoms with Crippen molar-refractivity contribution in [1.29, 1.82) is 0 Å². The van der Waals surface area contributed by atoms with Crippen molar-refractivity contribution in [2.75, 3.05) is 19.6 Å². The first kappa shape index (κ1) is 26.8. The van der Waals surface area contributed by atoms with Crippen LogP contribution >= 0.6 is 0 Å². The van der Waals surface area contributed by atoms with Crippen LogP contribution in [0.4, 0.5) is 14.4 Å². The average molecular weight is 529 g/mol. The lowest BCUT2D eigenvalue weighted by atomic mass is 9.93. The lowest BCUT2D eigenvalue weighted by molar-refractivity contribution is -0.152. The van der Waals surface area contributed by atoms with Crippen molar-refractivity contribution in [3.05, 3.63) is 12.7 Å². The number of rotatable bonds is 5. The van der Waals surface area contributed by atoms with Crippen LogP contribution in [0.2, 0.25) is 0 Å². The first-order valence-corrected chi connectivity index (χ1v) is 14.9. The molecule has 3 saturated carbocycles. The highest BCUT2D eigenvalue weighted by atomic mass is 16.2. The summed E-state index contributed by atoms with van der Waals surface area (Å²) in [7, 11) is 0. The van der Waals surface area contributed by atoms with E-state index in [4.69, 9.17) is 0 Å². The predicted octanol–water partition coefficient (Wildman–Crippen LogP) is 4.13. The number of hydrogen-bond acceptors (Lipinski definition) is 4. The molecule has 0 radical (unpaired) electrons. The van der Waals surface area contributed by atoms with Crippen molar-refractivity contribution in [2.45, 2.75) is 120 Å². The highest BCUT2D eigenvalue weighted by Crippen LogP contribution is 2.45. The zero-order chi connectivity index (χ0) is 26.7. The van der Waals surface area contributed by atoms with Crippen molar-refractivity contribution < 1.29 is 19.2 Å². The molecule has 7 amide bonds. The zero-order valence-corrected chi connectivity index (χ0v) is 22.7. The Labute approximate surface area is 226 Å². The van der Waals surface area contributed by atoms with Gasteiger partial charge in [-0.15, -0.1) is 6.58 Å². The lowest BCUT2D eigenvalue weighted by Crippen LogP contribution is -2.72. The van der Waals surface area contributed by atoms with E-state index in [1.807, 2.05) is 0 Å². The van der Waals surface area contributed by atoms with Gasteiger partial charge >= 0.3 is 24.0 Å². The Morgan fingerprint density at radius 2 is 1.32 bits per heavy atom. The zero-order valence-electron chi connectivity index (χ0n) is 22.7. The maximum atomic E-state index is 14.7. The van der Waals surface area contributed by atoms with Crippen LogP contribution in [0.1, 0.15) is 96.3 Å². The largest absolute Gasteiger partial charge is 0.335 e. The van der Waals surface area contributed by atoms with Crippen molar-refractivity contribution in [3.63, 3.8) is 0 Å². The van der Waals surface area contributed by atoms with E-state index in [1.165, 1.54) is 14.7 Å². The van der Waals surface area contributed by atoms with Crippen LogP contribution in [-0.4, -0.2) is 87.1 Å². The van der Waals surface area contributed by atoms with Crippen LogP contribution < -0.4 is 10.6 Å². The van der Waals surface area contributed by atoms with Gasteiger partial charge in [-0.3, -0.25) is 24.4 Å². The molecule has 0 aromatic carbocycles. The van der Waals surface area contributed by atoms with Gasteiger partial charge in [-0.1, -0.05) is 63.9 Å². The normalized spacial score (nSPS) is 27.9. The monoisotopic (exact) mass is 528 g/mol. The molecule has 38 heavy (non-hydrogen) atoms. The third kappa shape index (κ3) is 4.64. The minimum absolute atomic E-state index is 0.0433. The van der Waals surface area contributed by atoms with Crippen LogP contribution in [0.25, 0.3) is 0 Å². The number of hydrogen-bond donors (Lipinski definition) is 2. The molecule has 3 aliphatic carbocycles. The van der Waals surface area contributed by atoms with Gasteiger partial charge in [0.05, 0.1) is 0 Å². The summed E-state index contributed by atoms with van der Waals surface area (Å²) in [6, 6.07) is -1.51. The highest BCUT2D eigenvalue weighted by Gasteiger charge is 2.71. The fraction of sp³-hybridized carbons (Fsp3) is 0.786. The first-order chi connectivity index (χ1) is 18.5. The van der Waals surface area contributed by atoms with Gasteiger partial charge in [-0.2, -0.15) is 0 Å². The van der Waals surface area contributed by atoms with E-state index in [0.717, 1.165) is 96.3 Å². The molecule has 2 aliphatic heterocycles. The smallest absolute Gasteiger partial charge is 0.331 e. The first-order valence-electron chi connectivity index (χ1n) is 14.9. The molecule has 10 heteroatoms. The standard InChI is InChI=1S/C28H44N6O4/c1-2-18-29-25(36)31-19-20-32(26(37)30-21-12-6-3-7-13-21)28(31)24(35)33(22-14-8-4-9-15-22)27(38)34(28)23-16-10-5-11-17-23/h2,21-23H,1,3-20H2,(H,29,36)(H,30,37). The molecule has 2 saturated heterocycles. The Bertz CT molecular complexity index is 924. The Kier molecular flexibility index (Phi) is 8.14. The molecule has 2 heterocycles. The van der Waals surface area contributed by atoms with Gasteiger partial charge in [0.25, 0.3) is 5.79 Å². The topological polar surface area (TPSA) is 105 Å².